The molecule has 0 saturated carbocycles. The monoisotopic (exact) mass is 359 g/mol. The first-order valence-corrected chi connectivity index (χ1v) is 9.79. The van der Waals surface area contributed by atoms with Crippen LogP contribution in [0, 0.1) is 0 Å². The maximum atomic E-state index is 12.4. The van der Waals surface area contributed by atoms with Crippen LogP contribution in [0.3, 0.4) is 0 Å². The van der Waals surface area contributed by atoms with Crippen LogP contribution in [0.5, 0.6) is 0 Å². The smallest absolute Gasteiger partial charge is 0.318 e. The Bertz CT molecular complexity index is 703. The van der Waals surface area contributed by atoms with Crippen molar-refractivity contribution in [3.63, 3.8) is 0 Å². The van der Waals surface area contributed by atoms with Crippen LogP contribution in [0.4, 0.5) is 4.79 Å². The Balaban J connectivity index is 1.68. The lowest BCUT2D eigenvalue weighted by Gasteiger charge is -2.24. The second-order valence-electron chi connectivity index (χ2n) is 6.26. The molecule has 2 amide bonds. The zero-order chi connectivity index (χ0) is 17.6. The first kappa shape index (κ1) is 17.8. The Hall–Kier alpha value is -2.02. The van der Waals surface area contributed by atoms with Crippen molar-refractivity contribution in [2.75, 3.05) is 13.1 Å². The highest BCUT2D eigenvalue weighted by Crippen LogP contribution is 2.32. The summed E-state index contributed by atoms with van der Waals surface area (Å²) in [6.45, 7) is 3.54. The molecule has 3 rings (SSSR count). The van der Waals surface area contributed by atoms with E-state index in [9.17, 15) is 4.79 Å². The molecule has 1 aromatic heterocycles. The number of urea groups is 1. The van der Waals surface area contributed by atoms with E-state index in [0.29, 0.717) is 6.54 Å². The molecule has 0 aliphatic carbocycles. The number of nitrogens with one attached hydrogen (secondary N) is 1. The first-order chi connectivity index (χ1) is 12.2. The van der Waals surface area contributed by atoms with Crippen LogP contribution in [0.15, 0.2) is 35.5 Å². The highest BCUT2D eigenvalue weighted by molar-refractivity contribution is 7.98. The van der Waals surface area contributed by atoms with E-state index in [1.165, 1.54) is 5.56 Å². The van der Waals surface area contributed by atoms with E-state index < -0.39 is 0 Å². The van der Waals surface area contributed by atoms with Gasteiger partial charge in [-0.1, -0.05) is 49.0 Å². The predicted molar refractivity (Wildman–Crippen MR) is 99.4 cm³/mol. The second-order valence-corrected chi connectivity index (χ2v) is 7.20. The zero-order valence-electron chi connectivity index (χ0n) is 14.8. The number of amides is 2. The molecule has 1 aliphatic rings. The van der Waals surface area contributed by atoms with E-state index in [2.05, 4.69) is 34.6 Å². The molecule has 2 heterocycles. The maximum Gasteiger partial charge on any atom is 0.318 e. The number of thioether (sulfide) groups is 1. The van der Waals surface area contributed by atoms with E-state index in [4.69, 9.17) is 0 Å². The fraction of sp³-hybridized carbons (Fsp3) is 0.500. The van der Waals surface area contributed by atoms with Gasteiger partial charge in [-0.3, -0.25) is 0 Å². The number of hydrogen-bond acceptors (Lipinski definition) is 4. The van der Waals surface area contributed by atoms with E-state index in [1.807, 2.05) is 34.7 Å². The molecule has 134 valence electrons. The largest absolute Gasteiger partial charge is 0.338 e. The average Bonchev–Trinajstić information content (AvgIpc) is 3.25. The Morgan fingerprint density at radius 1 is 1.32 bits per heavy atom. The second kappa shape index (κ2) is 8.38. The number of rotatable bonds is 6. The van der Waals surface area contributed by atoms with Gasteiger partial charge in [-0.15, -0.1) is 10.2 Å². The Kier molecular flexibility index (Phi) is 5.96. The topological polar surface area (TPSA) is 63.1 Å². The van der Waals surface area contributed by atoms with E-state index in [-0.39, 0.29) is 12.1 Å². The molecule has 1 fully saturated rings. The number of nitrogens with zero attached hydrogens (tertiary/aromatic N) is 4. The van der Waals surface area contributed by atoms with Gasteiger partial charge >= 0.3 is 6.03 Å². The zero-order valence-corrected chi connectivity index (χ0v) is 15.6. The van der Waals surface area contributed by atoms with Crippen molar-refractivity contribution in [3.8, 4) is 0 Å². The summed E-state index contributed by atoms with van der Waals surface area (Å²) in [5.74, 6) is 1.73. The Morgan fingerprint density at radius 2 is 2.12 bits per heavy atom. The van der Waals surface area contributed by atoms with Crippen LogP contribution >= 0.6 is 11.8 Å². The molecule has 7 heteroatoms. The van der Waals surface area contributed by atoms with Crippen LogP contribution < -0.4 is 5.32 Å². The maximum absolute atomic E-state index is 12.4. The molecule has 6 nitrogen and oxygen atoms in total. The quantitative estimate of drug-likeness (QED) is 0.803. The van der Waals surface area contributed by atoms with Crippen molar-refractivity contribution >= 4 is 17.8 Å². The number of aromatic nitrogens is 3. The van der Waals surface area contributed by atoms with Crippen LogP contribution in [-0.2, 0) is 12.8 Å². The molecule has 1 aromatic carbocycles. The molecular formula is C18H25N5OS. The third kappa shape index (κ3) is 4.15. The summed E-state index contributed by atoms with van der Waals surface area (Å²) in [4.78, 5) is 14.3. The number of benzene rings is 1. The van der Waals surface area contributed by atoms with E-state index >= 15 is 0 Å². The normalized spacial score (nSPS) is 17.0. The van der Waals surface area contributed by atoms with Crippen molar-refractivity contribution in [3.05, 3.63) is 41.7 Å². The highest BCUT2D eigenvalue weighted by atomic mass is 32.2. The average molecular weight is 359 g/mol. The lowest BCUT2D eigenvalue weighted by Crippen LogP contribution is -2.40. The van der Waals surface area contributed by atoms with Gasteiger partial charge in [0, 0.05) is 25.9 Å². The Morgan fingerprint density at radius 3 is 2.88 bits per heavy atom. The molecule has 1 atom stereocenters. The van der Waals surface area contributed by atoms with E-state index in [0.717, 1.165) is 42.5 Å². The summed E-state index contributed by atoms with van der Waals surface area (Å²) < 4.78 is 2.03. The summed E-state index contributed by atoms with van der Waals surface area (Å²) in [6.07, 6.45) is 2.88. The molecule has 2 aromatic rings. The number of carbonyl (C=O) groups excluding carboxylic acids is 1. The van der Waals surface area contributed by atoms with Crippen molar-refractivity contribution in [1.29, 1.82) is 0 Å². The lowest BCUT2D eigenvalue weighted by molar-refractivity contribution is 0.190. The summed E-state index contributed by atoms with van der Waals surface area (Å²) >= 11 is 1.67. The highest BCUT2D eigenvalue weighted by Gasteiger charge is 2.33. The van der Waals surface area contributed by atoms with Crippen molar-refractivity contribution in [2.45, 2.75) is 43.1 Å². The third-order valence-electron chi connectivity index (χ3n) is 4.42. The molecule has 1 saturated heterocycles. The molecule has 1 N–H and O–H groups in total. The van der Waals surface area contributed by atoms with Gasteiger partial charge in [0.1, 0.15) is 0 Å². The summed E-state index contributed by atoms with van der Waals surface area (Å²) in [5.41, 5.74) is 1.26. The fourth-order valence-electron chi connectivity index (χ4n) is 3.08. The van der Waals surface area contributed by atoms with Gasteiger partial charge in [-0.05, 0) is 24.8 Å². The molecule has 25 heavy (non-hydrogen) atoms. The molecular weight excluding hydrogens is 334 g/mol. The number of hydrogen-bond donors (Lipinski definition) is 1. The summed E-state index contributed by atoms with van der Waals surface area (Å²) in [7, 11) is 1.99. The first-order valence-electron chi connectivity index (χ1n) is 8.81. The summed E-state index contributed by atoms with van der Waals surface area (Å²) in [6, 6.07) is 10.4. The van der Waals surface area contributed by atoms with Gasteiger partial charge in [-0.2, -0.15) is 0 Å². The minimum atomic E-state index is 0.00541. The minimum absolute atomic E-state index is 0.00541. The molecule has 0 spiro atoms. The van der Waals surface area contributed by atoms with Crippen LogP contribution in [0.2, 0.25) is 0 Å². The molecule has 0 radical (unpaired) electrons. The van der Waals surface area contributed by atoms with Crippen molar-refractivity contribution in [1.82, 2.24) is 25.0 Å². The number of carbonyl (C=O) groups is 1. The van der Waals surface area contributed by atoms with Gasteiger partial charge < -0.3 is 14.8 Å². The number of likely N-dealkylation sites (tertiary alicyclic amines) is 1. The predicted octanol–water partition coefficient (Wildman–Crippen LogP) is 3.36. The van der Waals surface area contributed by atoms with Gasteiger partial charge in [0.2, 0.25) is 0 Å². The van der Waals surface area contributed by atoms with Crippen molar-refractivity contribution < 1.29 is 4.79 Å². The third-order valence-corrected chi connectivity index (χ3v) is 5.51. The molecule has 0 bridgehead atoms. The molecule has 1 aliphatic heterocycles. The van der Waals surface area contributed by atoms with Gasteiger partial charge in [0.25, 0.3) is 0 Å². The minimum Gasteiger partial charge on any atom is -0.338 e. The summed E-state index contributed by atoms with van der Waals surface area (Å²) in [5, 5.41) is 12.6. The lowest BCUT2D eigenvalue weighted by atomic mass is 10.2. The van der Waals surface area contributed by atoms with E-state index in [1.54, 1.807) is 11.8 Å². The van der Waals surface area contributed by atoms with Gasteiger partial charge in [-0.25, -0.2) is 4.79 Å². The van der Waals surface area contributed by atoms with Crippen molar-refractivity contribution in [2.24, 2.45) is 7.05 Å². The Labute approximate surface area is 153 Å². The van der Waals surface area contributed by atoms with Crippen LogP contribution in [0.25, 0.3) is 0 Å². The van der Waals surface area contributed by atoms with Gasteiger partial charge in [0.15, 0.2) is 11.0 Å². The van der Waals surface area contributed by atoms with Crippen LogP contribution in [-0.4, -0.2) is 38.8 Å². The van der Waals surface area contributed by atoms with Gasteiger partial charge in [0.05, 0.1) is 6.04 Å². The fourth-order valence-corrected chi connectivity index (χ4v) is 3.95. The SMILES string of the molecule is CCCNC(=O)N1CCC[C@@H]1c1nnc(SCc2ccccc2)n1C. The molecule has 0 unspecified atom stereocenters. The standard InChI is InChI=1S/C18H25N5OS/c1-3-11-19-17(24)23-12-7-10-15(23)16-20-21-18(22(16)2)25-13-14-8-5-4-6-9-14/h4-6,8-9,15H,3,7,10-13H2,1-2H3,(H,19,24)/t15-/m1/s1. The van der Waals surface area contributed by atoms with Crippen LogP contribution in [0.1, 0.15) is 43.6 Å².